The molecule has 6 nitrogen and oxygen atoms in total. The standard InChI is InChI=1S/C19H27N5OS/c1-16-4-3-5-18(12-16)24-10-8-23(9-11-24)7-6-20-19(25)22(2)13-17-14-26-15-21-17/h3-5,12,14-15H,6-11,13H2,1-2H3,(H,20,25). The molecule has 0 saturated carbocycles. The third-order valence-corrected chi connectivity index (χ3v) is 5.31. The maximum absolute atomic E-state index is 12.1. The second-order valence-corrected chi connectivity index (χ2v) is 7.45. The van der Waals surface area contributed by atoms with Crippen molar-refractivity contribution in [2.24, 2.45) is 0 Å². The molecule has 1 fully saturated rings. The summed E-state index contributed by atoms with van der Waals surface area (Å²) in [6.07, 6.45) is 0. The molecule has 2 heterocycles. The van der Waals surface area contributed by atoms with Crippen LogP contribution < -0.4 is 10.2 Å². The zero-order valence-corrected chi connectivity index (χ0v) is 16.3. The van der Waals surface area contributed by atoms with Crippen molar-refractivity contribution in [1.29, 1.82) is 0 Å². The average Bonchev–Trinajstić information content (AvgIpc) is 3.15. The number of amides is 2. The van der Waals surface area contributed by atoms with Gasteiger partial charge in [-0.25, -0.2) is 9.78 Å². The van der Waals surface area contributed by atoms with E-state index in [9.17, 15) is 4.79 Å². The SMILES string of the molecule is Cc1cccc(N2CCN(CCNC(=O)N(C)Cc3cscn3)CC2)c1. The third kappa shape index (κ3) is 5.19. The highest BCUT2D eigenvalue weighted by Crippen LogP contribution is 2.17. The molecule has 1 aliphatic rings. The van der Waals surface area contributed by atoms with E-state index in [0.29, 0.717) is 13.1 Å². The molecule has 0 unspecified atom stereocenters. The van der Waals surface area contributed by atoms with E-state index in [1.165, 1.54) is 11.3 Å². The Labute approximate surface area is 159 Å². The molecule has 0 aliphatic carbocycles. The predicted molar refractivity (Wildman–Crippen MR) is 107 cm³/mol. The van der Waals surface area contributed by atoms with Crippen LogP contribution >= 0.6 is 11.3 Å². The van der Waals surface area contributed by atoms with Gasteiger partial charge in [0.1, 0.15) is 0 Å². The van der Waals surface area contributed by atoms with E-state index in [-0.39, 0.29) is 6.03 Å². The molecule has 1 aromatic heterocycles. The van der Waals surface area contributed by atoms with Crippen molar-refractivity contribution in [2.75, 3.05) is 51.2 Å². The lowest BCUT2D eigenvalue weighted by Crippen LogP contribution is -2.49. The minimum atomic E-state index is -0.0450. The van der Waals surface area contributed by atoms with Crippen LogP contribution in [0.25, 0.3) is 0 Å². The summed E-state index contributed by atoms with van der Waals surface area (Å²) in [5.41, 5.74) is 5.33. The fraction of sp³-hybridized carbons (Fsp3) is 0.474. The van der Waals surface area contributed by atoms with Gasteiger partial charge in [0.25, 0.3) is 0 Å². The van der Waals surface area contributed by atoms with E-state index in [0.717, 1.165) is 38.4 Å². The van der Waals surface area contributed by atoms with Gasteiger partial charge in [0, 0.05) is 57.4 Å². The molecule has 1 aliphatic heterocycles. The van der Waals surface area contributed by atoms with E-state index in [1.807, 2.05) is 5.38 Å². The first-order chi connectivity index (χ1) is 12.6. The van der Waals surface area contributed by atoms with Crippen LogP contribution in [0.1, 0.15) is 11.3 Å². The van der Waals surface area contributed by atoms with E-state index in [4.69, 9.17) is 0 Å². The van der Waals surface area contributed by atoms with Crippen LogP contribution in [0.5, 0.6) is 0 Å². The molecule has 26 heavy (non-hydrogen) atoms. The van der Waals surface area contributed by atoms with Crippen LogP contribution in [-0.2, 0) is 6.54 Å². The number of hydrogen-bond acceptors (Lipinski definition) is 5. The molecule has 140 valence electrons. The summed E-state index contributed by atoms with van der Waals surface area (Å²) in [4.78, 5) is 22.9. The molecule has 0 bridgehead atoms. The number of nitrogens with zero attached hydrogens (tertiary/aromatic N) is 4. The van der Waals surface area contributed by atoms with Gasteiger partial charge < -0.3 is 15.1 Å². The van der Waals surface area contributed by atoms with Gasteiger partial charge in [-0.05, 0) is 24.6 Å². The van der Waals surface area contributed by atoms with E-state index < -0.39 is 0 Å². The van der Waals surface area contributed by atoms with Crippen molar-refractivity contribution < 1.29 is 4.79 Å². The number of anilines is 1. The number of aryl methyl sites for hydroxylation is 1. The monoisotopic (exact) mass is 373 g/mol. The van der Waals surface area contributed by atoms with Crippen LogP contribution in [0.2, 0.25) is 0 Å². The number of aromatic nitrogens is 1. The molecule has 3 rings (SSSR count). The van der Waals surface area contributed by atoms with E-state index in [1.54, 1.807) is 28.8 Å². The van der Waals surface area contributed by atoms with Crippen LogP contribution in [0, 0.1) is 6.92 Å². The lowest BCUT2D eigenvalue weighted by Gasteiger charge is -2.36. The Morgan fingerprint density at radius 3 is 2.81 bits per heavy atom. The molecule has 1 saturated heterocycles. The normalized spacial score (nSPS) is 15.1. The van der Waals surface area contributed by atoms with Crippen molar-refractivity contribution in [3.8, 4) is 0 Å². The van der Waals surface area contributed by atoms with E-state index >= 15 is 0 Å². The van der Waals surface area contributed by atoms with Gasteiger partial charge in [0.15, 0.2) is 0 Å². The molecule has 0 spiro atoms. The zero-order chi connectivity index (χ0) is 18.4. The Balaban J connectivity index is 1.35. The molecular weight excluding hydrogens is 346 g/mol. The second-order valence-electron chi connectivity index (χ2n) is 6.74. The first kappa shape index (κ1) is 18.7. The third-order valence-electron chi connectivity index (χ3n) is 4.67. The van der Waals surface area contributed by atoms with Gasteiger partial charge in [0.2, 0.25) is 0 Å². The maximum Gasteiger partial charge on any atom is 0.317 e. The summed E-state index contributed by atoms with van der Waals surface area (Å²) in [7, 11) is 1.80. The van der Waals surface area contributed by atoms with Gasteiger partial charge in [0.05, 0.1) is 17.7 Å². The number of urea groups is 1. The molecular formula is C19H27N5OS. The van der Waals surface area contributed by atoms with Gasteiger partial charge in [-0.15, -0.1) is 11.3 Å². The number of carbonyl (C=O) groups excluding carboxylic acids is 1. The Morgan fingerprint density at radius 1 is 1.31 bits per heavy atom. The minimum Gasteiger partial charge on any atom is -0.369 e. The number of benzene rings is 1. The number of rotatable bonds is 6. The summed E-state index contributed by atoms with van der Waals surface area (Å²) in [6.45, 7) is 8.35. The van der Waals surface area contributed by atoms with Gasteiger partial charge in [-0.3, -0.25) is 4.90 Å². The zero-order valence-electron chi connectivity index (χ0n) is 15.5. The molecule has 2 aromatic rings. The van der Waals surface area contributed by atoms with Crippen LogP contribution in [0.4, 0.5) is 10.5 Å². The van der Waals surface area contributed by atoms with Crippen molar-refractivity contribution in [2.45, 2.75) is 13.5 Å². The lowest BCUT2D eigenvalue weighted by molar-refractivity contribution is 0.201. The minimum absolute atomic E-state index is 0.0450. The van der Waals surface area contributed by atoms with Crippen molar-refractivity contribution in [3.63, 3.8) is 0 Å². The van der Waals surface area contributed by atoms with Crippen molar-refractivity contribution in [1.82, 2.24) is 20.1 Å². The maximum atomic E-state index is 12.1. The van der Waals surface area contributed by atoms with Crippen molar-refractivity contribution in [3.05, 3.63) is 46.4 Å². The quantitative estimate of drug-likeness (QED) is 0.845. The molecule has 7 heteroatoms. The summed E-state index contributed by atoms with van der Waals surface area (Å²) in [6, 6.07) is 8.63. The van der Waals surface area contributed by atoms with Crippen LogP contribution in [0.3, 0.4) is 0 Å². The number of carbonyl (C=O) groups is 1. The Bertz CT molecular complexity index is 698. The summed E-state index contributed by atoms with van der Waals surface area (Å²) < 4.78 is 0. The molecule has 0 atom stereocenters. The summed E-state index contributed by atoms with van der Waals surface area (Å²) in [5, 5.41) is 4.97. The number of piperazine rings is 1. The Hall–Kier alpha value is -2.12. The first-order valence-corrected chi connectivity index (χ1v) is 9.96. The lowest BCUT2D eigenvalue weighted by atomic mass is 10.2. The largest absolute Gasteiger partial charge is 0.369 e. The Kier molecular flexibility index (Phi) is 6.46. The fourth-order valence-electron chi connectivity index (χ4n) is 3.14. The fourth-order valence-corrected chi connectivity index (χ4v) is 3.69. The average molecular weight is 374 g/mol. The molecule has 1 aromatic carbocycles. The number of hydrogen-bond donors (Lipinski definition) is 1. The molecule has 1 N–H and O–H groups in total. The van der Waals surface area contributed by atoms with Crippen LogP contribution in [-0.4, -0.2) is 67.1 Å². The highest BCUT2D eigenvalue weighted by atomic mass is 32.1. The smallest absolute Gasteiger partial charge is 0.317 e. The highest BCUT2D eigenvalue weighted by Gasteiger charge is 2.17. The number of nitrogens with one attached hydrogen (secondary N) is 1. The van der Waals surface area contributed by atoms with Gasteiger partial charge in [-0.2, -0.15) is 0 Å². The molecule has 2 amide bonds. The predicted octanol–water partition coefficient (Wildman–Crippen LogP) is 2.42. The van der Waals surface area contributed by atoms with Gasteiger partial charge >= 0.3 is 6.03 Å². The topological polar surface area (TPSA) is 51.7 Å². The summed E-state index contributed by atoms with van der Waals surface area (Å²) in [5.74, 6) is 0. The highest BCUT2D eigenvalue weighted by molar-refractivity contribution is 7.07. The van der Waals surface area contributed by atoms with E-state index in [2.05, 4.69) is 51.3 Å². The van der Waals surface area contributed by atoms with Crippen molar-refractivity contribution >= 4 is 23.1 Å². The second kappa shape index (κ2) is 9.00. The van der Waals surface area contributed by atoms with Gasteiger partial charge in [-0.1, -0.05) is 12.1 Å². The molecule has 0 radical (unpaired) electrons. The number of thiazole rings is 1. The first-order valence-electron chi connectivity index (χ1n) is 9.02. The Morgan fingerprint density at radius 2 is 2.12 bits per heavy atom. The van der Waals surface area contributed by atoms with Crippen LogP contribution in [0.15, 0.2) is 35.2 Å². The summed E-state index contributed by atoms with van der Waals surface area (Å²) >= 11 is 1.55.